The average Bonchev–Trinajstić information content (AvgIpc) is 3.25. The summed E-state index contributed by atoms with van der Waals surface area (Å²) in [5.41, 5.74) is -1.17. The fraction of sp³-hybridized carbons (Fsp3) is 0.200. The third kappa shape index (κ3) is 4.12. The quantitative estimate of drug-likeness (QED) is 0.583. The molecule has 1 aliphatic rings. The maximum atomic E-state index is 13.2. The van der Waals surface area contributed by atoms with Gasteiger partial charge in [0.15, 0.2) is 0 Å². The number of hydrogen-bond acceptors (Lipinski definition) is 7. The van der Waals surface area contributed by atoms with Crippen LogP contribution in [0.1, 0.15) is 32.6 Å². The predicted octanol–water partition coefficient (Wildman–Crippen LogP) is 3.48. The summed E-state index contributed by atoms with van der Waals surface area (Å²) in [4.78, 5) is 42.6. The lowest BCUT2D eigenvalue weighted by Crippen LogP contribution is -2.43. The van der Waals surface area contributed by atoms with E-state index in [4.69, 9.17) is 4.74 Å². The number of halogens is 3. The van der Waals surface area contributed by atoms with Gasteiger partial charge in [0.05, 0.1) is 31.0 Å². The predicted molar refractivity (Wildman–Crippen MR) is 109 cm³/mol. The van der Waals surface area contributed by atoms with E-state index in [-0.39, 0.29) is 35.2 Å². The molecule has 3 aromatic rings. The summed E-state index contributed by atoms with van der Waals surface area (Å²) in [7, 11) is 1.41. The first kappa shape index (κ1) is 21.9. The topological polar surface area (TPSA) is 119 Å². The first-order valence-corrected chi connectivity index (χ1v) is 9.44. The van der Waals surface area contributed by atoms with Crippen molar-refractivity contribution in [3.05, 3.63) is 70.4 Å². The number of nitroso groups, excluding NO2 is 1. The van der Waals surface area contributed by atoms with E-state index in [0.717, 1.165) is 40.0 Å². The van der Waals surface area contributed by atoms with Gasteiger partial charge in [0.2, 0.25) is 12.0 Å². The number of amides is 2. The number of ether oxygens (including phenoxy) is 1. The molecule has 0 unspecified atom stereocenters. The number of rotatable bonds is 5. The van der Waals surface area contributed by atoms with Gasteiger partial charge in [-0.15, -0.1) is 4.91 Å². The molecule has 13 heteroatoms. The van der Waals surface area contributed by atoms with Crippen LogP contribution >= 0.6 is 0 Å². The van der Waals surface area contributed by atoms with Crippen LogP contribution in [-0.4, -0.2) is 40.2 Å². The lowest BCUT2D eigenvalue weighted by Gasteiger charge is -2.30. The van der Waals surface area contributed by atoms with Crippen LogP contribution in [0.5, 0.6) is 5.88 Å². The number of pyridine rings is 1. The van der Waals surface area contributed by atoms with E-state index < -0.39 is 29.7 Å². The van der Waals surface area contributed by atoms with Crippen LogP contribution in [0.3, 0.4) is 0 Å². The summed E-state index contributed by atoms with van der Waals surface area (Å²) in [6, 6.07) is 8.52. The van der Waals surface area contributed by atoms with Crippen LogP contribution in [0.4, 0.5) is 24.7 Å². The van der Waals surface area contributed by atoms with Crippen LogP contribution in [0, 0.1) is 4.91 Å². The summed E-state index contributed by atoms with van der Waals surface area (Å²) >= 11 is 0. The van der Waals surface area contributed by atoms with Crippen molar-refractivity contribution in [2.45, 2.75) is 12.3 Å². The molecule has 2 aromatic heterocycles. The third-order valence-electron chi connectivity index (χ3n) is 4.92. The molecule has 4 rings (SSSR count). The van der Waals surface area contributed by atoms with Crippen molar-refractivity contribution in [1.82, 2.24) is 14.8 Å². The van der Waals surface area contributed by atoms with E-state index in [9.17, 15) is 27.7 Å². The normalized spacial score (nSPS) is 15.7. The number of nitrogens with one attached hydrogen (secondary N) is 1. The molecule has 33 heavy (non-hydrogen) atoms. The zero-order valence-electron chi connectivity index (χ0n) is 16.9. The first-order valence-electron chi connectivity index (χ1n) is 9.44. The van der Waals surface area contributed by atoms with E-state index in [2.05, 4.69) is 20.6 Å². The lowest BCUT2D eigenvalue weighted by molar-refractivity contribution is -0.137. The molecule has 0 bridgehead atoms. The summed E-state index contributed by atoms with van der Waals surface area (Å²) < 4.78 is 44.6. The summed E-state index contributed by atoms with van der Waals surface area (Å²) in [6.45, 7) is -0.263. The van der Waals surface area contributed by atoms with Crippen LogP contribution < -0.4 is 15.0 Å². The molecule has 0 radical (unpaired) electrons. The Hall–Kier alpha value is -4.29. The molecule has 1 aromatic carbocycles. The van der Waals surface area contributed by atoms with Gasteiger partial charge < -0.3 is 15.0 Å². The number of alkyl halides is 3. The minimum atomic E-state index is -4.55. The van der Waals surface area contributed by atoms with Crippen LogP contribution in [-0.2, 0) is 6.18 Å². The second kappa shape index (κ2) is 8.33. The van der Waals surface area contributed by atoms with Crippen molar-refractivity contribution >= 4 is 23.3 Å². The summed E-state index contributed by atoms with van der Waals surface area (Å²) in [5, 5.41) is 9.42. The first-order chi connectivity index (χ1) is 15.7. The molecule has 1 atom stereocenters. The van der Waals surface area contributed by atoms with Crippen molar-refractivity contribution in [2.24, 2.45) is 5.18 Å². The van der Waals surface area contributed by atoms with Crippen LogP contribution in [0.15, 0.2) is 53.8 Å². The Kier molecular flexibility index (Phi) is 5.54. The van der Waals surface area contributed by atoms with E-state index in [1.54, 1.807) is 12.1 Å². The number of methoxy groups -OCH3 is 1. The Balaban J connectivity index is 1.67. The number of benzene rings is 1. The van der Waals surface area contributed by atoms with Crippen molar-refractivity contribution in [1.29, 1.82) is 0 Å². The van der Waals surface area contributed by atoms with Gasteiger partial charge in [-0.3, -0.25) is 9.59 Å². The highest BCUT2D eigenvalue weighted by molar-refractivity contribution is 6.15. The molecule has 0 spiro atoms. The number of carbonyl (C=O) groups excluding carboxylic acids is 2. The molecule has 3 heterocycles. The molecular weight excluding hydrogens is 445 g/mol. The highest BCUT2D eigenvalue weighted by atomic mass is 19.4. The largest absolute Gasteiger partial charge is 0.481 e. The second-order valence-corrected chi connectivity index (χ2v) is 6.92. The second-order valence-electron chi connectivity index (χ2n) is 6.92. The molecule has 170 valence electrons. The standard InChI is InChI=1S/C20H15F3N6O4/c1-33-16-4-2-3-14(25-16)26-18(30)13-9-24-29-15(27-32)10-28(19(31)17(13)29)12-7-5-11(6-8-12)20(21,22)23/h2-9,15H,10H2,1H3,(H,25,26,30)/t15-/m1/s1. The number of carbonyl (C=O) groups is 2. The fourth-order valence-electron chi connectivity index (χ4n) is 3.33. The molecule has 10 nitrogen and oxygen atoms in total. The van der Waals surface area contributed by atoms with Gasteiger partial charge in [-0.1, -0.05) is 6.07 Å². The number of nitrogens with zero attached hydrogens (tertiary/aromatic N) is 5. The number of anilines is 2. The monoisotopic (exact) mass is 460 g/mol. The fourth-order valence-corrected chi connectivity index (χ4v) is 3.33. The van der Waals surface area contributed by atoms with Crippen molar-refractivity contribution in [3.8, 4) is 5.88 Å². The van der Waals surface area contributed by atoms with E-state index in [1.807, 2.05) is 0 Å². The molecule has 1 aliphatic heterocycles. The SMILES string of the molecule is COc1cccc(NC(=O)c2cnn3c2C(=O)N(c2ccc(C(F)(F)F)cc2)C[C@@H]3N=O)n1. The van der Waals surface area contributed by atoms with Crippen molar-refractivity contribution in [3.63, 3.8) is 0 Å². The maximum absolute atomic E-state index is 13.2. The molecule has 2 amide bonds. The van der Waals surface area contributed by atoms with Gasteiger partial charge in [-0.05, 0) is 35.5 Å². The lowest BCUT2D eigenvalue weighted by atomic mass is 10.1. The summed E-state index contributed by atoms with van der Waals surface area (Å²) in [6.07, 6.45) is -4.62. The van der Waals surface area contributed by atoms with E-state index in [1.165, 1.54) is 13.2 Å². The maximum Gasteiger partial charge on any atom is 0.416 e. The zero-order chi connectivity index (χ0) is 23.8. The van der Waals surface area contributed by atoms with Gasteiger partial charge in [0, 0.05) is 11.8 Å². The molecule has 0 saturated carbocycles. The van der Waals surface area contributed by atoms with Crippen molar-refractivity contribution < 1.29 is 27.5 Å². The van der Waals surface area contributed by atoms with Crippen LogP contribution in [0.2, 0.25) is 0 Å². The highest BCUT2D eigenvalue weighted by Gasteiger charge is 2.38. The smallest absolute Gasteiger partial charge is 0.416 e. The number of fused-ring (bicyclic) bond motifs is 1. The Labute approximate surface area is 183 Å². The van der Waals surface area contributed by atoms with Crippen molar-refractivity contribution in [2.75, 3.05) is 23.9 Å². The minimum absolute atomic E-state index is 0.106. The zero-order valence-corrected chi connectivity index (χ0v) is 16.9. The van der Waals surface area contributed by atoms with E-state index >= 15 is 0 Å². The van der Waals surface area contributed by atoms with E-state index in [0.29, 0.717) is 0 Å². The molecular formula is C20H15F3N6O4. The third-order valence-corrected chi connectivity index (χ3v) is 4.92. The average molecular weight is 460 g/mol. The van der Waals surface area contributed by atoms with Gasteiger partial charge in [-0.2, -0.15) is 23.3 Å². The van der Waals surface area contributed by atoms with Gasteiger partial charge in [0.1, 0.15) is 11.5 Å². The Morgan fingerprint density at radius 3 is 2.58 bits per heavy atom. The van der Waals surface area contributed by atoms with Crippen LogP contribution in [0.25, 0.3) is 0 Å². The van der Waals surface area contributed by atoms with Gasteiger partial charge in [0.25, 0.3) is 11.8 Å². The Bertz CT molecular complexity index is 1230. The summed E-state index contributed by atoms with van der Waals surface area (Å²) in [5.74, 6) is -1.06. The molecule has 0 aliphatic carbocycles. The molecule has 0 saturated heterocycles. The molecule has 0 fully saturated rings. The number of hydrogen-bond donors (Lipinski definition) is 1. The Morgan fingerprint density at radius 2 is 1.94 bits per heavy atom. The van der Waals surface area contributed by atoms with Gasteiger partial charge in [-0.25, -0.2) is 4.68 Å². The highest BCUT2D eigenvalue weighted by Crippen LogP contribution is 2.33. The Morgan fingerprint density at radius 1 is 1.21 bits per heavy atom. The molecule has 1 N–H and O–H groups in total. The minimum Gasteiger partial charge on any atom is -0.481 e. The van der Waals surface area contributed by atoms with Gasteiger partial charge >= 0.3 is 6.18 Å². The number of aromatic nitrogens is 3.